The van der Waals surface area contributed by atoms with Crippen LogP contribution in [0.5, 0.6) is 0 Å². The number of nitriles is 1. The fourth-order valence-electron chi connectivity index (χ4n) is 2.27. The number of nitrogens with zero attached hydrogens (tertiary/aromatic N) is 3. The first-order valence-electron chi connectivity index (χ1n) is 6.52. The maximum absolute atomic E-state index is 9.34. The van der Waals surface area contributed by atoms with Crippen molar-refractivity contribution in [2.24, 2.45) is 0 Å². The third-order valence-electron chi connectivity index (χ3n) is 3.10. The molecule has 0 aliphatic carbocycles. The Morgan fingerprint density at radius 1 is 1.15 bits per heavy atom. The van der Waals surface area contributed by atoms with Gasteiger partial charge in [-0.25, -0.2) is 4.68 Å². The minimum absolute atomic E-state index is 0.223. The van der Waals surface area contributed by atoms with Crippen LogP contribution < -0.4 is 0 Å². The second kappa shape index (κ2) is 4.96. The molecule has 0 aliphatic heterocycles. The van der Waals surface area contributed by atoms with Crippen LogP contribution in [-0.2, 0) is 5.41 Å². The zero-order chi connectivity index (χ0) is 15.1. The van der Waals surface area contributed by atoms with Crippen LogP contribution in [0.2, 0.25) is 5.15 Å². The van der Waals surface area contributed by atoms with Crippen LogP contribution in [0.1, 0.15) is 43.2 Å². The molecule has 0 saturated carbocycles. The predicted octanol–water partition coefficient (Wildman–Crippen LogP) is 4.31. The lowest BCUT2D eigenvalue weighted by molar-refractivity contribution is 0.559. The molecule has 1 heterocycles. The van der Waals surface area contributed by atoms with Gasteiger partial charge in [-0.1, -0.05) is 38.4 Å². The molecule has 104 valence electrons. The van der Waals surface area contributed by atoms with Crippen LogP contribution in [0, 0.1) is 25.2 Å². The Morgan fingerprint density at radius 3 is 2.10 bits per heavy atom. The van der Waals surface area contributed by atoms with Crippen molar-refractivity contribution in [3.05, 3.63) is 45.7 Å². The molecule has 4 heteroatoms. The summed E-state index contributed by atoms with van der Waals surface area (Å²) in [4.78, 5) is 0. The lowest BCUT2D eigenvalue weighted by Gasteiger charge is -2.15. The summed E-state index contributed by atoms with van der Waals surface area (Å²) in [6.07, 6.45) is 0. The topological polar surface area (TPSA) is 41.6 Å². The Morgan fingerprint density at radius 2 is 1.70 bits per heavy atom. The first-order valence-corrected chi connectivity index (χ1v) is 6.89. The third kappa shape index (κ3) is 2.57. The minimum atomic E-state index is -0.223. The van der Waals surface area contributed by atoms with Crippen molar-refractivity contribution in [3.63, 3.8) is 0 Å². The van der Waals surface area contributed by atoms with Gasteiger partial charge in [0.25, 0.3) is 0 Å². The smallest absolute Gasteiger partial charge is 0.150 e. The summed E-state index contributed by atoms with van der Waals surface area (Å²) >= 11 is 6.35. The molecule has 0 bridgehead atoms. The zero-order valence-electron chi connectivity index (χ0n) is 12.5. The highest BCUT2D eigenvalue weighted by atomic mass is 35.5. The van der Waals surface area contributed by atoms with E-state index in [1.165, 1.54) is 0 Å². The number of rotatable bonds is 1. The van der Waals surface area contributed by atoms with Crippen LogP contribution >= 0.6 is 11.6 Å². The average molecular weight is 288 g/mol. The molecule has 3 nitrogen and oxygen atoms in total. The summed E-state index contributed by atoms with van der Waals surface area (Å²) < 4.78 is 1.65. The van der Waals surface area contributed by atoms with Crippen LogP contribution in [-0.4, -0.2) is 9.78 Å². The van der Waals surface area contributed by atoms with Gasteiger partial charge in [-0.3, -0.25) is 0 Å². The predicted molar refractivity (Wildman–Crippen MR) is 81.5 cm³/mol. The lowest BCUT2D eigenvalue weighted by atomic mass is 9.90. The van der Waals surface area contributed by atoms with Crippen LogP contribution in [0.15, 0.2) is 18.2 Å². The molecule has 0 atom stereocenters. The average Bonchev–Trinajstić information content (AvgIpc) is 2.64. The normalized spacial score (nSPS) is 11.4. The molecule has 2 aromatic rings. The van der Waals surface area contributed by atoms with E-state index in [0.717, 1.165) is 22.5 Å². The summed E-state index contributed by atoms with van der Waals surface area (Å²) in [5, 5.41) is 14.3. The van der Waals surface area contributed by atoms with Gasteiger partial charge < -0.3 is 0 Å². The maximum Gasteiger partial charge on any atom is 0.150 e. The van der Waals surface area contributed by atoms with Crippen molar-refractivity contribution in [1.29, 1.82) is 5.26 Å². The summed E-state index contributed by atoms with van der Waals surface area (Å²) in [5.74, 6) is 0. The van der Waals surface area contributed by atoms with Crippen molar-refractivity contribution in [3.8, 4) is 11.8 Å². The van der Waals surface area contributed by atoms with Gasteiger partial charge in [0.05, 0.1) is 11.4 Å². The van der Waals surface area contributed by atoms with Crippen molar-refractivity contribution >= 4 is 11.6 Å². The van der Waals surface area contributed by atoms with Gasteiger partial charge in [0.2, 0.25) is 0 Å². The lowest BCUT2D eigenvalue weighted by Crippen LogP contribution is -2.14. The molecule has 0 fully saturated rings. The molecule has 20 heavy (non-hydrogen) atoms. The second-order valence-electron chi connectivity index (χ2n) is 6.13. The summed E-state index contributed by atoms with van der Waals surface area (Å²) in [6.45, 7) is 10.1. The number of halogens is 1. The third-order valence-corrected chi connectivity index (χ3v) is 3.45. The van der Waals surface area contributed by atoms with Crippen LogP contribution in [0.3, 0.4) is 0 Å². The molecule has 2 rings (SSSR count). The quantitative estimate of drug-likeness (QED) is 0.784. The Kier molecular flexibility index (Phi) is 3.62. The molecule has 0 unspecified atom stereocenters. The fraction of sp³-hybridized carbons (Fsp3) is 0.375. The van der Waals surface area contributed by atoms with E-state index < -0.39 is 0 Å². The van der Waals surface area contributed by atoms with Crippen molar-refractivity contribution < 1.29 is 0 Å². The highest BCUT2D eigenvalue weighted by Crippen LogP contribution is 2.31. The van der Waals surface area contributed by atoms with Crippen molar-refractivity contribution in [1.82, 2.24) is 9.78 Å². The van der Waals surface area contributed by atoms with Crippen molar-refractivity contribution in [2.75, 3.05) is 0 Å². The van der Waals surface area contributed by atoms with E-state index in [1.54, 1.807) is 4.68 Å². The van der Waals surface area contributed by atoms with Gasteiger partial charge in [-0.2, -0.15) is 10.4 Å². The Labute approximate surface area is 124 Å². The first-order chi connectivity index (χ1) is 9.24. The standard InChI is InChI=1S/C16H18ClN3/c1-10-6-11(2)8-12(7-10)20-15(17)13(9-18)14(19-20)16(3,4)5/h6-8H,1-5H3. The van der Waals surface area contributed by atoms with Gasteiger partial charge >= 0.3 is 0 Å². The largest absolute Gasteiger partial charge is 0.220 e. The zero-order valence-corrected chi connectivity index (χ0v) is 13.2. The van der Waals surface area contributed by atoms with E-state index in [-0.39, 0.29) is 5.41 Å². The molecular weight excluding hydrogens is 270 g/mol. The van der Waals surface area contributed by atoms with E-state index in [1.807, 2.05) is 46.8 Å². The van der Waals surface area contributed by atoms with E-state index in [9.17, 15) is 5.26 Å². The molecule has 0 radical (unpaired) electrons. The molecule has 0 saturated heterocycles. The Hall–Kier alpha value is -1.79. The SMILES string of the molecule is Cc1cc(C)cc(-n2nc(C(C)(C)C)c(C#N)c2Cl)c1. The van der Waals surface area contributed by atoms with Crippen LogP contribution in [0.4, 0.5) is 0 Å². The number of aromatic nitrogens is 2. The summed E-state index contributed by atoms with van der Waals surface area (Å²) in [7, 11) is 0. The summed E-state index contributed by atoms with van der Waals surface area (Å²) in [5.41, 5.74) is 4.13. The highest BCUT2D eigenvalue weighted by Gasteiger charge is 2.26. The van der Waals surface area contributed by atoms with Crippen LogP contribution in [0.25, 0.3) is 5.69 Å². The number of hydrogen-bond donors (Lipinski definition) is 0. The highest BCUT2D eigenvalue weighted by molar-refractivity contribution is 6.31. The fourth-order valence-corrected chi connectivity index (χ4v) is 2.53. The molecule has 0 N–H and O–H groups in total. The van der Waals surface area contributed by atoms with E-state index in [0.29, 0.717) is 10.7 Å². The summed E-state index contributed by atoms with van der Waals surface area (Å²) in [6, 6.07) is 8.30. The molecular formula is C16H18ClN3. The van der Waals surface area contributed by atoms with Gasteiger partial charge in [-0.15, -0.1) is 0 Å². The van der Waals surface area contributed by atoms with Gasteiger partial charge in [0.15, 0.2) is 5.15 Å². The molecule has 0 aliphatic rings. The monoisotopic (exact) mass is 287 g/mol. The second-order valence-corrected chi connectivity index (χ2v) is 6.49. The number of hydrogen-bond acceptors (Lipinski definition) is 2. The minimum Gasteiger partial charge on any atom is -0.220 e. The molecule has 1 aromatic heterocycles. The first kappa shape index (κ1) is 14.6. The van der Waals surface area contributed by atoms with Gasteiger partial charge in [0.1, 0.15) is 11.6 Å². The Bertz CT molecular complexity index is 679. The molecule has 1 aromatic carbocycles. The van der Waals surface area contributed by atoms with E-state index in [4.69, 9.17) is 11.6 Å². The number of aryl methyl sites for hydroxylation is 2. The van der Waals surface area contributed by atoms with Gasteiger partial charge in [0, 0.05) is 5.41 Å². The van der Waals surface area contributed by atoms with E-state index >= 15 is 0 Å². The van der Waals surface area contributed by atoms with Gasteiger partial charge in [-0.05, 0) is 37.1 Å². The van der Waals surface area contributed by atoms with E-state index in [2.05, 4.69) is 17.2 Å². The number of benzene rings is 1. The maximum atomic E-state index is 9.34. The Balaban J connectivity index is 2.71. The van der Waals surface area contributed by atoms with Crippen molar-refractivity contribution in [2.45, 2.75) is 40.0 Å². The molecule has 0 spiro atoms. The molecule has 0 amide bonds.